The first kappa shape index (κ1) is 17.8. The summed E-state index contributed by atoms with van der Waals surface area (Å²) in [5.41, 5.74) is 0.302. The molecule has 0 aliphatic carbocycles. The fourth-order valence-corrected chi connectivity index (χ4v) is 3.25. The van der Waals surface area contributed by atoms with Gasteiger partial charge in [-0.25, -0.2) is 14.6 Å². The number of nitrogens with one attached hydrogen (secondary N) is 1. The molecule has 1 aromatic heterocycles. The van der Waals surface area contributed by atoms with E-state index in [0.29, 0.717) is 5.75 Å². The minimum atomic E-state index is -1.08. The van der Waals surface area contributed by atoms with Gasteiger partial charge >= 0.3 is 12.1 Å². The van der Waals surface area contributed by atoms with Gasteiger partial charge in [0.05, 0.1) is 0 Å². The van der Waals surface area contributed by atoms with E-state index in [1.807, 2.05) is 12.3 Å². The largest absolute Gasteiger partial charge is 0.480 e. The van der Waals surface area contributed by atoms with Crippen LogP contribution in [0.1, 0.15) is 31.5 Å². The predicted octanol–water partition coefficient (Wildman–Crippen LogP) is 2.66. The van der Waals surface area contributed by atoms with Crippen LogP contribution >= 0.6 is 23.1 Å². The van der Waals surface area contributed by atoms with E-state index >= 15 is 0 Å². The van der Waals surface area contributed by atoms with Crippen molar-refractivity contribution in [2.75, 3.05) is 5.75 Å². The Kier molecular flexibility index (Phi) is 6.47. The number of thioether (sulfide) groups is 1. The Balaban J connectivity index is 2.43. The maximum atomic E-state index is 11.6. The predicted molar refractivity (Wildman–Crippen MR) is 83.8 cm³/mol. The van der Waals surface area contributed by atoms with Crippen LogP contribution in [0.25, 0.3) is 0 Å². The summed E-state index contributed by atoms with van der Waals surface area (Å²) in [6.45, 7) is 7.08. The Bertz CT molecular complexity index is 497. The molecule has 0 bridgehead atoms. The number of aliphatic carboxylic acids is 1. The van der Waals surface area contributed by atoms with Crippen LogP contribution in [0.5, 0.6) is 0 Å². The lowest BCUT2D eigenvalue weighted by atomic mass is 10.2. The van der Waals surface area contributed by atoms with Gasteiger partial charge in [0.15, 0.2) is 0 Å². The fourth-order valence-electron chi connectivity index (χ4n) is 1.36. The zero-order valence-electron chi connectivity index (χ0n) is 12.5. The third kappa shape index (κ3) is 7.33. The highest BCUT2D eigenvalue weighted by Gasteiger charge is 2.23. The van der Waals surface area contributed by atoms with Crippen LogP contribution in [0.15, 0.2) is 5.38 Å². The van der Waals surface area contributed by atoms with Gasteiger partial charge in [0.2, 0.25) is 0 Å². The van der Waals surface area contributed by atoms with Crippen LogP contribution in [-0.4, -0.2) is 39.5 Å². The van der Waals surface area contributed by atoms with Gasteiger partial charge < -0.3 is 15.2 Å². The highest BCUT2D eigenvalue weighted by Crippen LogP contribution is 2.17. The van der Waals surface area contributed by atoms with E-state index in [0.717, 1.165) is 10.7 Å². The number of ether oxygens (including phenoxy) is 1. The van der Waals surface area contributed by atoms with E-state index in [1.54, 1.807) is 20.8 Å². The zero-order valence-corrected chi connectivity index (χ0v) is 14.1. The molecule has 0 saturated heterocycles. The first-order chi connectivity index (χ1) is 9.67. The van der Waals surface area contributed by atoms with E-state index < -0.39 is 23.7 Å². The second-order valence-electron chi connectivity index (χ2n) is 5.43. The Morgan fingerprint density at radius 3 is 2.67 bits per heavy atom. The quantitative estimate of drug-likeness (QED) is 0.832. The van der Waals surface area contributed by atoms with Crippen molar-refractivity contribution in [1.29, 1.82) is 0 Å². The molecule has 21 heavy (non-hydrogen) atoms. The first-order valence-corrected chi connectivity index (χ1v) is 8.42. The monoisotopic (exact) mass is 332 g/mol. The number of aromatic nitrogens is 1. The molecule has 1 heterocycles. The standard InChI is InChI=1S/C13H20N2O4S2/c1-8-5-21-10(14-8)7-20-6-9(11(16)17)15-12(18)19-13(2,3)4/h5,9H,6-7H2,1-4H3,(H,15,18)(H,16,17). The van der Waals surface area contributed by atoms with Gasteiger partial charge in [0.1, 0.15) is 16.7 Å². The minimum Gasteiger partial charge on any atom is -0.480 e. The number of alkyl carbamates (subject to hydrolysis) is 1. The molecule has 1 amide bonds. The van der Waals surface area contributed by atoms with E-state index in [1.165, 1.54) is 23.1 Å². The van der Waals surface area contributed by atoms with Gasteiger partial charge in [-0.1, -0.05) is 0 Å². The number of rotatable bonds is 6. The molecule has 0 radical (unpaired) electrons. The summed E-state index contributed by atoms with van der Waals surface area (Å²) >= 11 is 2.95. The molecule has 0 saturated carbocycles. The number of amides is 1. The molecule has 0 fully saturated rings. The summed E-state index contributed by atoms with van der Waals surface area (Å²) in [6, 6.07) is -0.981. The van der Waals surface area contributed by atoms with Crippen molar-refractivity contribution < 1.29 is 19.4 Å². The highest BCUT2D eigenvalue weighted by atomic mass is 32.2. The lowest BCUT2D eigenvalue weighted by molar-refractivity contribution is -0.138. The maximum Gasteiger partial charge on any atom is 0.408 e. The number of nitrogens with zero attached hydrogens (tertiary/aromatic N) is 1. The van der Waals surface area contributed by atoms with Crippen LogP contribution in [0.3, 0.4) is 0 Å². The van der Waals surface area contributed by atoms with Crippen LogP contribution in [0.2, 0.25) is 0 Å². The van der Waals surface area contributed by atoms with Crippen molar-refractivity contribution >= 4 is 35.2 Å². The molecule has 1 aromatic rings. The smallest absolute Gasteiger partial charge is 0.408 e. The maximum absolute atomic E-state index is 11.6. The summed E-state index contributed by atoms with van der Waals surface area (Å²) in [7, 11) is 0. The number of carboxylic acid groups (broad SMARTS) is 1. The third-order valence-corrected chi connectivity index (χ3v) is 4.36. The first-order valence-electron chi connectivity index (χ1n) is 6.38. The van der Waals surface area contributed by atoms with Gasteiger partial charge in [0.25, 0.3) is 0 Å². The molecule has 0 aromatic carbocycles. The summed E-state index contributed by atoms with van der Waals surface area (Å²) in [4.78, 5) is 27.0. The van der Waals surface area contributed by atoms with Crippen LogP contribution < -0.4 is 5.32 Å². The second kappa shape index (κ2) is 7.65. The Labute approximate surface area is 132 Å². The number of carbonyl (C=O) groups excluding carboxylic acids is 1. The van der Waals surface area contributed by atoms with Crippen molar-refractivity contribution in [2.24, 2.45) is 0 Å². The van der Waals surface area contributed by atoms with Gasteiger partial charge in [-0.05, 0) is 27.7 Å². The average Bonchev–Trinajstić information content (AvgIpc) is 2.71. The lowest BCUT2D eigenvalue weighted by Gasteiger charge is -2.21. The number of thiazole rings is 1. The molecule has 6 nitrogen and oxygen atoms in total. The van der Waals surface area contributed by atoms with Crippen LogP contribution in [-0.2, 0) is 15.3 Å². The molecule has 1 rings (SSSR count). The number of aryl methyl sites for hydroxylation is 1. The van der Waals surface area contributed by atoms with Gasteiger partial charge in [-0.2, -0.15) is 11.8 Å². The Morgan fingerprint density at radius 1 is 1.52 bits per heavy atom. The second-order valence-corrected chi connectivity index (χ2v) is 7.41. The molecule has 1 unspecified atom stereocenters. The lowest BCUT2D eigenvalue weighted by Crippen LogP contribution is -2.44. The van der Waals surface area contributed by atoms with Crippen molar-refractivity contribution in [2.45, 2.75) is 45.1 Å². The minimum absolute atomic E-state index is 0.257. The number of hydrogen-bond donors (Lipinski definition) is 2. The number of hydrogen-bond acceptors (Lipinski definition) is 6. The molecule has 2 N–H and O–H groups in total. The normalized spacial score (nSPS) is 12.8. The Hall–Kier alpha value is -1.28. The number of carboxylic acids is 1. The molecular formula is C13H20N2O4S2. The van der Waals surface area contributed by atoms with E-state index in [9.17, 15) is 9.59 Å². The summed E-state index contributed by atoms with van der Waals surface area (Å²) < 4.78 is 5.05. The number of carbonyl (C=O) groups is 2. The van der Waals surface area contributed by atoms with E-state index in [-0.39, 0.29) is 5.75 Å². The Morgan fingerprint density at radius 2 is 2.19 bits per heavy atom. The van der Waals surface area contributed by atoms with E-state index in [4.69, 9.17) is 9.84 Å². The van der Waals surface area contributed by atoms with Crippen LogP contribution in [0, 0.1) is 6.92 Å². The fraction of sp³-hybridized carbons (Fsp3) is 0.615. The highest BCUT2D eigenvalue weighted by molar-refractivity contribution is 7.98. The van der Waals surface area contributed by atoms with Crippen LogP contribution in [0.4, 0.5) is 4.79 Å². The molecule has 8 heteroatoms. The van der Waals surface area contributed by atoms with Crippen molar-refractivity contribution in [1.82, 2.24) is 10.3 Å². The molecule has 0 aliphatic rings. The van der Waals surface area contributed by atoms with Crippen molar-refractivity contribution in [3.05, 3.63) is 16.1 Å². The van der Waals surface area contributed by atoms with Gasteiger partial charge in [-0.15, -0.1) is 11.3 Å². The summed E-state index contributed by atoms with van der Waals surface area (Å²) in [6.07, 6.45) is -0.722. The topological polar surface area (TPSA) is 88.5 Å². The van der Waals surface area contributed by atoms with Crippen molar-refractivity contribution in [3.8, 4) is 0 Å². The molecule has 0 spiro atoms. The van der Waals surface area contributed by atoms with Crippen molar-refractivity contribution in [3.63, 3.8) is 0 Å². The molecule has 118 valence electrons. The molecule has 1 atom stereocenters. The SMILES string of the molecule is Cc1csc(CSCC(NC(=O)OC(C)(C)C)C(=O)O)n1. The van der Waals surface area contributed by atoms with Gasteiger partial charge in [0, 0.05) is 22.6 Å². The summed E-state index contributed by atoms with van der Waals surface area (Å²) in [5.74, 6) is -0.199. The van der Waals surface area contributed by atoms with E-state index in [2.05, 4.69) is 10.3 Å². The average molecular weight is 332 g/mol. The summed E-state index contributed by atoms with van der Waals surface area (Å²) in [5, 5.41) is 14.4. The molecule has 0 aliphatic heterocycles. The molecular weight excluding hydrogens is 312 g/mol. The zero-order chi connectivity index (χ0) is 16.0. The van der Waals surface area contributed by atoms with Gasteiger partial charge in [-0.3, -0.25) is 0 Å². The third-order valence-electron chi connectivity index (χ3n) is 2.17.